The molecule has 0 spiro atoms. The van der Waals surface area contributed by atoms with E-state index in [-0.39, 0.29) is 11.9 Å². The zero-order valence-corrected chi connectivity index (χ0v) is 10.1. The van der Waals surface area contributed by atoms with Gasteiger partial charge in [-0.3, -0.25) is 4.79 Å². The molecular formula is C10H20N2OS. The van der Waals surface area contributed by atoms with Gasteiger partial charge in [0, 0.05) is 24.1 Å². The van der Waals surface area contributed by atoms with Gasteiger partial charge in [-0.05, 0) is 20.4 Å². The molecule has 1 heterocycles. The molecule has 0 aromatic heterocycles. The summed E-state index contributed by atoms with van der Waals surface area (Å²) in [5.41, 5.74) is 0. The lowest BCUT2D eigenvalue weighted by atomic mass is 10.2. The van der Waals surface area contributed by atoms with Crippen molar-refractivity contribution in [1.29, 1.82) is 0 Å². The molecule has 0 aromatic rings. The predicted octanol–water partition coefficient (Wildman–Crippen LogP) is 0.948. The summed E-state index contributed by atoms with van der Waals surface area (Å²) in [5, 5.41) is 3.69. The quantitative estimate of drug-likeness (QED) is 0.746. The van der Waals surface area contributed by atoms with E-state index in [4.69, 9.17) is 0 Å². The van der Waals surface area contributed by atoms with Crippen molar-refractivity contribution >= 4 is 17.7 Å². The monoisotopic (exact) mass is 216 g/mol. The van der Waals surface area contributed by atoms with Crippen LogP contribution >= 0.6 is 11.8 Å². The number of hydrogen-bond acceptors (Lipinski definition) is 3. The Morgan fingerprint density at radius 1 is 1.57 bits per heavy atom. The van der Waals surface area contributed by atoms with Gasteiger partial charge in [0.15, 0.2) is 0 Å². The van der Waals surface area contributed by atoms with E-state index >= 15 is 0 Å². The Kier molecular flexibility index (Phi) is 4.75. The summed E-state index contributed by atoms with van der Waals surface area (Å²) >= 11 is 1.97. The molecule has 1 N–H and O–H groups in total. The number of likely N-dealkylation sites (N-methyl/N-ethyl adjacent to an activating group) is 1. The van der Waals surface area contributed by atoms with Crippen LogP contribution in [-0.4, -0.2) is 48.0 Å². The second kappa shape index (κ2) is 5.61. The lowest BCUT2D eigenvalue weighted by molar-refractivity contribution is -0.132. The number of hydrogen-bond donors (Lipinski definition) is 1. The summed E-state index contributed by atoms with van der Waals surface area (Å²) in [4.78, 5) is 13.8. The Balaban J connectivity index is 2.47. The molecule has 1 aliphatic rings. The van der Waals surface area contributed by atoms with E-state index in [1.165, 1.54) is 0 Å². The molecule has 82 valence electrons. The highest BCUT2D eigenvalue weighted by atomic mass is 32.2. The van der Waals surface area contributed by atoms with Crippen LogP contribution in [0.3, 0.4) is 0 Å². The Labute approximate surface area is 90.6 Å². The smallest absolute Gasteiger partial charge is 0.239 e. The maximum atomic E-state index is 11.8. The van der Waals surface area contributed by atoms with Gasteiger partial charge in [-0.25, -0.2) is 0 Å². The molecule has 1 amide bonds. The van der Waals surface area contributed by atoms with E-state index in [1.807, 2.05) is 30.6 Å². The van der Waals surface area contributed by atoms with E-state index in [1.54, 1.807) is 0 Å². The number of thioether (sulfide) groups is 1. The lowest BCUT2D eigenvalue weighted by Crippen LogP contribution is -2.44. The fourth-order valence-corrected chi connectivity index (χ4v) is 2.51. The first-order valence-corrected chi connectivity index (χ1v) is 6.27. The second-order valence-corrected chi connectivity index (χ2v) is 5.35. The molecule has 0 bridgehead atoms. The third-order valence-corrected chi connectivity index (χ3v) is 3.91. The minimum atomic E-state index is -0.0478. The first-order chi connectivity index (χ1) is 6.65. The van der Waals surface area contributed by atoms with Crippen molar-refractivity contribution in [3.63, 3.8) is 0 Å². The molecule has 0 aromatic carbocycles. The van der Waals surface area contributed by atoms with E-state index < -0.39 is 0 Å². The van der Waals surface area contributed by atoms with Crippen molar-refractivity contribution in [3.8, 4) is 0 Å². The molecule has 1 saturated heterocycles. The van der Waals surface area contributed by atoms with Gasteiger partial charge in [0.25, 0.3) is 0 Å². The Bertz CT molecular complexity index is 199. The normalized spacial score (nSPS) is 25.6. The van der Waals surface area contributed by atoms with Gasteiger partial charge in [0.05, 0.1) is 6.04 Å². The zero-order valence-electron chi connectivity index (χ0n) is 9.25. The van der Waals surface area contributed by atoms with Gasteiger partial charge < -0.3 is 10.2 Å². The van der Waals surface area contributed by atoms with Crippen LogP contribution in [0.25, 0.3) is 0 Å². The molecule has 0 aliphatic carbocycles. The van der Waals surface area contributed by atoms with Gasteiger partial charge >= 0.3 is 0 Å². The van der Waals surface area contributed by atoms with Crippen LogP contribution in [-0.2, 0) is 4.79 Å². The minimum Gasteiger partial charge on any atom is -0.340 e. The molecule has 2 unspecified atom stereocenters. The Morgan fingerprint density at radius 3 is 2.93 bits per heavy atom. The predicted molar refractivity (Wildman–Crippen MR) is 61.6 cm³/mol. The highest BCUT2D eigenvalue weighted by Gasteiger charge is 2.21. The van der Waals surface area contributed by atoms with Crippen molar-refractivity contribution < 1.29 is 4.79 Å². The molecular weight excluding hydrogens is 196 g/mol. The average molecular weight is 216 g/mol. The van der Waals surface area contributed by atoms with Gasteiger partial charge in [-0.2, -0.15) is 11.8 Å². The summed E-state index contributed by atoms with van der Waals surface area (Å²) < 4.78 is 0. The highest BCUT2D eigenvalue weighted by molar-refractivity contribution is 7.99. The summed E-state index contributed by atoms with van der Waals surface area (Å²) in [6, 6.07) is -0.0478. The molecule has 2 atom stereocenters. The highest BCUT2D eigenvalue weighted by Crippen LogP contribution is 2.18. The number of nitrogens with one attached hydrogen (secondary N) is 1. The lowest BCUT2D eigenvalue weighted by Gasteiger charge is -2.23. The summed E-state index contributed by atoms with van der Waals surface area (Å²) in [5.74, 6) is 1.31. The number of amides is 1. The fourth-order valence-electron chi connectivity index (χ4n) is 1.51. The van der Waals surface area contributed by atoms with Gasteiger partial charge in [0.2, 0.25) is 5.91 Å². The molecule has 0 radical (unpaired) electrons. The number of carbonyl (C=O) groups excluding carboxylic acids is 1. The first-order valence-electron chi connectivity index (χ1n) is 5.22. The van der Waals surface area contributed by atoms with Gasteiger partial charge in [-0.1, -0.05) is 6.92 Å². The fraction of sp³-hybridized carbons (Fsp3) is 0.900. The number of nitrogens with zero attached hydrogens (tertiary/aromatic N) is 1. The van der Waals surface area contributed by atoms with Crippen LogP contribution in [0.2, 0.25) is 0 Å². The van der Waals surface area contributed by atoms with E-state index in [9.17, 15) is 4.79 Å². The van der Waals surface area contributed by atoms with Crippen LogP contribution in [0.5, 0.6) is 0 Å². The molecule has 1 fully saturated rings. The largest absolute Gasteiger partial charge is 0.340 e. The van der Waals surface area contributed by atoms with E-state index in [0.29, 0.717) is 5.25 Å². The third-order valence-electron chi connectivity index (χ3n) is 2.68. The van der Waals surface area contributed by atoms with E-state index in [2.05, 4.69) is 12.2 Å². The number of rotatable bonds is 2. The summed E-state index contributed by atoms with van der Waals surface area (Å²) in [6.45, 7) is 5.98. The summed E-state index contributed by atoms with van der Waals surface area (Å²) in [7, 11) is 1.83. The molecule has 4 heteroatoms. The summed E-state index contributed by atoms with van der Waals surface area (Å²) in [6.07, 6.45) is 1.12. The van der Waals surface area contributed by atoms with Crippen molar-refractivity contribution in [1.82, 2.24) is 10.2 Å². The second-order valence-electron chi connectivity index (χ2n) is 3.81. The average Bonchev–Trinajstić information content (AvgIpc) is 2.40. The van der Waals surface area contributed by atoms with Crippen molar-refractivity contribution in [2.45, 2.75) is 31.6 Å². The third kappa shape index (κ3) is 3.17. The molecule has 14 heavy (non-hydrogen) atoms. The molecule has 0 saturated carbocycles. The van der Waals surface area contributed by atoms with Crippen LogP contribution < -0.4 is 5.32 Å². The maximum Gasteiger partial charge on any atom is 0.239 e. The van der Waals surface area contributed by atoms with Crippen LogP contribution in [0.4, 0.5) is 0 Å². The van der Waals surface area contributed by atoms with Crippen molar-refractivity contribution in [2.75, 3.05) is 25.9 Å². The van der Waals surface area contributed by atoms with Gasteiger partial charge in [0.1, 0.15) is 0 Å². The Morgan fingerprint density at radius 2 is 2.29 bits per heavy atom. The molecule has 1 rings (SSSR count). The van der Waals surface area contributed by atoms with Gasteiger partial charge in [-0.15, -0.1) is 0 Å². The maximum absolute atomic E-state index is 11.8. The minimum absolute atomic E-state index is 0.0478. The van der Waals surface area contributed by atoms with Crippen LogP contribution in [0.15, 0.2) is 0 Å². The van der Waals surface area contributed by atoms with Crippen molar-refractivity contribution in [2.24, 2.45) is 0 Å². The standard InChI is InChI=1S/C10H20N2OS/c1-8-4-5-12(6-7-14-8)10(13)9(2)11-3/h8-9,11H,4-7H2,1-3H3. The molecule has 1 aliphatic heterocycles. The topological polar surface area (TPSA) is 32.3 Å². The van der Waals surface area contributed by atoms with Crippen LogP contribution in [0, 0.1) is 0 Å². The Hall–Kier alpha value is -0.220. The van der Waals surface area contributed by atoms with Crippen molar-refractivity contribution in [3.05, 3.63) is 0 Å². The number of carbonyl (C=O) groups is 1. The van der Waals surface area contributed by atoms with E-state index in [0.717, 1.165) is 25.3 Å². The molecule has 3 nitrogen and oxygen atoms in total. The zero-order chi connectivity index (χ0) is 10.6. The first kappa shape index (κ1) is 11.9. The SMILES string of the molecule is CNC(C)C(=O)N1CCSC(C)CC1. The van der Waals surface area contributed by atoms with Crippen LogP contribution in [0.1, 0.15) is 20.3 Å².